The summed E-state index contributed by atoms with van der Waals surface area (Å²) in [5.41, 5.74) is 5.53. The summed E-state index contributed by atoms with van der Waals surface area (Å²) in [7, 11) is 0. The molecule has 0 aliphatic rings. The van der Waals surface area contributed by atoms with Crippen LogP contribution in [-0.4, -0.2) is 5.78 Å². The van der Waals surface area contributed by atoms with Crippen LogP contribution in [-0.2, 0) is 4.79 Å². The summed E-state index contributed by atoms with van der Waals surface area (Å²) in [5.74, 6) is -0.321. The van der Waals surface area contributed by atoms with E-state index in [0.717, 1.165) is 0 Å². The summed E-state index contributed by atoms with van der Waals surface area (Å²) in [6, 6.07) is 4.86. The molecule has 0 saturated heterocycles. The predicted octanol–water partition coefficient (Wildman–Crippen LogP) is 2.21. The number of benzene rings is 1. The summed E-state index contributed by atoms with van der Waals surface area (Å²) < 4.78 is 25.0. The fraction of sp³-hybridized carbons (Fsp3) is 0.300. The van der Waals surface area contributed by atoms with Gasteiger partial charge >= 0.3 is 0 Å². The first-order valence-corrected chi connectivity index (χ1v) is 4.17. The molecule has 0 bridgehead atoms. The number of alkyl halides is 2. The van der Waals surface area contributed by atoms with E-state index in [4.69, 9.17) is 5.73 Å². The number of carbonyl (C=O) groups excluding carboxylic acids is 1. The molecule has 0 radical (unpaired) electrons. The van der Waals surface area contributed by atoms with Crippen LogP contribution in [0.1, 0.15) is 30.5 Å². The Balaban J connectivity index is 3.13. The largest absolute Gasteiger partial charge is 0.318 e. The second-order valence-corrected chi connectivity index (χ2v) is 3.02. The van der Waals surface area contributed by atoms with Crippen molar-refractivity contribution < 1.29 is 13.6 Å². The van der Waals surface area contributed by atoms with Gasteiger partial charge in [0.2, 0.25) is 0 Å². The van der Waals surface area contributed by atoms with Crippen molar-refractivity contribution in [2.75, 3.05) is 0 Å². The summed E-state index contributed by atoms with van der Waals surface area (Å²) >= 11 is 0. The zero-order valence-corrected chi connectivity index (χ0v) is 7.71. The Morgan fingerprint density at radius 3 is 2.21 bits per heavy atom. The highest BCUT2D eigenvalue weighted by Gasteiger charge is 2.19. The Hall–Kier alpha value is -1.29. The highest BCUT2D eigenvalue weighted by molar-refractivity contribution is 5.83. The third-order valence-corrected chi connectivity index (χ3v) is 2.00. The Morgan fingerprint density at radius 2 is 1.79 bits per heavy atom. The first-order valence-electron chi connectivity index (χ1n) is 4.17. The van der Waals surface area contributed by atoms with Crippen molar-refractivity contribution in [2.24, 2.45) is 5.73 Å². The highest BCUT2D eigenvalue weighted by atomic mass is 19.3. The third kappa shape index (κ3) is 2.14. The van der Waals surface area contributed by atoms with Crippen molar-refractivity contribution in [1.29, 1.82) is 0 Å². The van der Waals surface area contributed by atoms with Crippen LogP contribution in [0.2, 0.25) is 0 Å². The molecular formula is C10H11F2NO. The second kappa shape index (κ2) is 4.28. The van der Waals surface area contributed by atoms with E-state index in [1.54, 1.807) is 6.07 Å². The molecule has 0 saturated carbocycles. The predicted molar refractivity (Wildman–Crippen MR) is 49.0 cm³/mol. The molecule has 1 rings (SSSR count). The summed E-state index contributed by atoms with van der Waals surface area (Å²) in [5, 5.41) is 0. The molecule has 1 unspecified atom stereocenters. The quantitative estimate of drug-likeness (QED) is 0.811. The van der Waals surface area contributed by atoms with E-state index in [1.165, 1.54) is 25.1 Å². The van der Waals surface area contributed by atoms with Gasteiger partial charge in [0.1, 0.15) is 0 Å². The standard InChI is InChI=1S/C10H11F2NO/c1-6(14)9(13)7-4-2-3-5-8(7)10(11)12/h2-5,9-10H,13H2,1H3. The molecular weight excluding hydrogens is 188 g/mol. The fourth-order valence-electron chi connectivity index (χ4n) is 1.21. The molecule has 0 heterocycles. The van der Waals surface area contributed by atoms with Gasteiger partial charge in [-0.1, -0.05) is 24.3 Å². The lowest BCUT2D eigenvalue weighted by atomic mass is 9.99. The third-order valence-electron chi connectivity index (χ3n) is 2.00. The van der Waals surface area contributed by atoms with E-state index in [2.05, 4.69) is 0 Å². The van der Waals surface area contributed by atoms with Gasteiger partial charge in [-0.05, 0) is 12.5 Å². The molecule has 2 N–H and O–H groups in total. The number of hydrogen-bond acceptors (Lipinski definition) is 2. The topological polar surface area (TPSA) is 43.1 Å². The monoisotopic (exact) mass is 199 g/mol. The lowest BCUT2D eigenvalue weighted by Crippen LogP contribution is -2.20. The van der Waals surface area contributed by atoms with E-state index >= 15 is 0 Å². The molecule has 2 nitrogen and oxygen atoms in total. The average molecular weight is 199 g/mol. The summed E-state index contributed by atoms with van der Waals surface area (Å²) in [6.45, 7) is 1.28. The van der Waals surface area contributed by atoms with Gasteiger partial charge in [0, 0.05) is 5.56 Å². The molecule has 0 aromatic heterocycles. The van der Waals surface area contributed by atoms with Crippen molar-refractivity contribution in [3.05, 3.63) is 35.4 Å². The van der Waals surface area contributed by atoms with Crippen molar-refractivity contribution in [1.82, 2.24) is 0 Å². The second-order valence-electron chi connectivity index (χ2n) is 3.02. The number of ketones is 1. The number of nitrogens with two attached hydrogens (primary N) is 1. The lowest BCUT2D eigenvalue weighted by Gasteiger charge is -2.12. The molecule has 76 valence electrons. The number of carbonyl (C=O) groups is 1. The van der Waals surface area contributed by atoms with Gasteiger partial charge in [0.25, 0.3) is 6.43 Å². The molecule has 0 amide bonds. The number of hydrogen-bond donors (Lipinski definition) is 1. The van der Waals surface area contributed by atoms with E-state index in [1.807, 2.05) is 0 Å². The van der Waals surface area contributed by atoms with Crippen LogP contribution in [0, 0.1) is 0 Å². The van der Waals surface area contributed by atoms with Gasteiger partial charge in [-0.3, -0.25) is 4.79 Å². The molecule has 0 spiro atoms. The normalized spacial score (nSPS) is 12.9. The highest BCUT2D eigenvalue weighted by Crippen LogP contribution is 2.26. The lowest BCUT2D eigenvalue weighted by molar-refractivity contribution is -0.118. The maximum absolute atomic E-state index is 12.5. The minimum absolute atomic E-state index is 0.171. The minimum atomic E-state index is -2.60. The number of rotatable bonds is 3. The van der Waals surface area contributed by atoms with Crippen molar-refractivity contribution >= 4 is 5.78 Å². The molecule has 14 heavy (non-hydrogen) atoms. The Bertz CT molecular complexity index is 339. The van der Waals surface area contributed by atoms with E-state index in [0.29, 0.717) is 0 Å². The molecule has 1 aromatic rings. The number of halogens is 2. The van der Waals surface area contributed by atoms with Crippen LogP contribution in [0.15, 0.2) is 24.3 Å². The van der Waals surface area contributed by atoms with Crippen molar-refractivity contribution in [3.63, 3.8) is 0 Å². The maximum Gasteiger partial charge on any atom is 0.264 e. The fourth-order valence-corrected chi connectivity index (χ4v) is 1.21. The van der Waals surface area contributed by atoms with Gasteiger partial charge in [-0.15, -0.1) is 0 Å². The Morgan fingerprint density at radius 1 is 1.29 bits per heavy atom. The van der Waals surface area contributed by atoms with Crippen LogP contribution < -0.4 is 5.73 Å². The van der Waals surface area contributed by atoms with Crippen LogP contribution in [0.5, 0.6) is 0 Å². The van der Waals surface area contributed by atoms with Gasteiger partial charge in [0.05, 0.1) is 6.04 Å². The molecule has 4 heteroatoms. The molecule has 1 atom stereocenters. The Labute approximate surface area is 80.7 Å². The summed E-state index contributed by atoms with van der Waals surface area (Å²) in [4.78, 5) is 10.9. The van der Waals surface area contributed by atoms with Gasteiger partial charge in [0.15, 0.2) is 5.78 Å². The van der Waals surface area contributed by atoms with E-state index < -0.39 is 12.5 Å². The molecule has 0 fully saturated rings. The first-order chi connectivity index (χ1) is 6.54. The van der Waals surface area contributed by atoms with Gasteiger partial charge in [-0.2, -0.15) is 0 Å². The molecule has 1 aromatic carbocycles. The van der Waals surface area contributed by atoms with E-state index in [9.17, 15) is 13.6 Å². The van der Waals surface area contributed by atoms with Crippen LogP contribution in [0.4, 0.5) is 8.78 Å². The molecule has 0 aliphatic heterocycles. The van der Waals surface area contributed by atoms with Crippen LogP contribution >= 0.6 is 0 Å². The molecule has 0 aliphatic carbocycles. The SMILES string of the molecule is CC(=O)C(N)c1ccccc1C(F)F. The first kappa shape index (κ1) is 10.8. The van der Waals surface area contributed by atoms with Crippen LogP contribution in [0.25, 0.3) is 0 Å². The van der Waals surface area contributed by atoms with Gasteiger partial charge < -0.3 is 5.73 Å². The van der Waals surface area contributed by atoms with Crippen LogP contribution in [0.3, 0.4) is 0 Å². The van der Waals surface area contributed by atoms with Crippen molar-refractivity contribution in [2.45, 2.75) is 19.4 Å². The average Bonchev–Trinajstić information content (AvgIpc) is 2.16. The zero-order valence-electron chi connectivity index (χ0n) is 7.71. The van der Waals surface area contributed by atoms with Gasteiger partial charge in [-0.25, -0.2) is 8.78 Å². The van der Waals surface area contributed by atoms with Crippen molar-refractivity contribution in [3.8, 4) is 0 Å². The smallest absolute Gasteiger partial charge is 0.264 e. The Kier molecular flexibility index (Phi) is 3.30. The maximum atomic E-state index is 12.5. The van der Waals surface area contributed by atoms with E-state index in [-0.39, 0.29) is 16.9 Å². The summed E-state index contributed by atoms with van der Waals surface area (Å²) in [6.07, 6.45) is -2.60. The minimum Gasteiger partial charge on any atom is -0.318 e. The zero-order chi connectivity index (χ0) is 10.7. The number of Topliss-reactive ketones (excluding diaryl/α,β-unsaturated/α-hetero) is 1.